The first kappa shape index (κ1) is 11.7. The van der Waals surface area contributed by atoms with Gasteiger partial charge in [-0.3, -0.25) is 10.1 Å². The van der Waals surface area contributed by atoms with Gasteiger partial charge in [-0.2, -0.15) is 5.26 Å². The molecule has 0 aliphatic carbocycles. The van der Waals surface area contributed by atoms with Crippen molar-refractivity contribution >= 4 is 5.69 Å². The van der Waals surface area contributed by atoms with Crippen molar-refractivity contribution in [2.45, 2.75) is 6.61 Å². The average Bonchev–Trinajstić information content (AvgIpc) is 2.89. The van der Waals surface area contributed by atoms with Gasteiger partial charge in [-0.15, -0.1) is 0 Å². The normalized spacial score (nSPS) is 9.72. The zero-order valence-electron chi connectivity index (χ0n) is 9.20. The van der Waals surface area contributed by atoms with Gasteiger partial charge in [0.2, 0.25) is 0 Å². The van der Waals surface area contributed by atoms with E-state index in [0.29, 0.717) is 11.5 Å². The summed E-state index contributed by atoms with van der Waals surface area (Å²) in [6.45, 7) is 0.166. The van der Waals surface area contributed by atoms with Crippen LogP contribution < -0.4 is 4.74 Å². The van der Waals surface area contributed by atoms with E-state index in [4.69, 9.17) is 14.4 Å². The monoisotopic (exact) mass is 244 g/mol. The van der Waals surface area contributed by atoms with Crippen LogP contribution in [0, 0.1) is 21.4 Å². The Morgan fingerprint density at radius 2 is 2.28 bits per heavy atom. The van der Waals surface area contributed by atoms with Crippen LogP contribution in [0.5, 0.6) is 5.75 Å². The van der Waals surface area contributed by atoms with Gasteiger partial charge in [-0.1, -0.05) is 0 Å². The van der Waals surface area contributed by atoms with E-state index >= 15 is 0 Å². The second-order valence-corrected chi connectivity index (χ2v) is 3.42. The predicted octanol–water partition coefficient (Wildman–Crippen LogP) is 2.64. The second kappa shape index (κ2) is 5.01. The highest BCUT2D eigenvalue weighted by atomic mass is 16.6. The summed E-state index contributed by atoms with van der Waals surface area (Å²) >= 11 is 0. The first-order valence-corrected chi connectivity index (χ1v) is 5.04. The lowest BCUT2D eigenvalue weighted by molar-refractivity contribution is -0.384. The van der Waals surface area contributed by atoms with E-state index < -0.39 is 4.92 Å². The second-order valence-electron chi connectivity index (χ2n) is 3.42. The number of hydrogen-bond donors (Lipinski definition) is 0. The zero-order valence-corrected chi connectivity index (χ0v) is 9.20. The van der Waals surface area contributed by atoms with Crippen LogP contribution in [0.25, 0.3) is 0 Å². The number of non-ortho nitro benzene ring substituents is 1. The highest BCUT2D eigenvalue weighted by Gasteiger charge is 2.11. The molecule has 90 valence electrons. The van der Waals surface area contributed by atoms with E-state index in [2.05, 4.69) is 0 Å². The van der Waals surface area contributed by atoms with Crippen LogP contribution in [0.4, 0.5) is 5.69 Å². The standard InChI is InChI=1S/C12H8N2O4/c13-7-9-6-10(14(15)16)3-4-12(9)18-8-11-2-1-5-17-11/h1-6H,8H2. The Bertz CT molecular complexity index is 599. The lowest BCUT2D eigenvalue weighted by Gasteiger charge is -2.05. The van der Waals surface area contributed by atoms with Crippen LogP contribution >= 0.6 is 0 Å². The summed E-state index contributed by atoms with van der Waals surface area (Å²) in [5.41, 5.74) is -0.0207. The van der Waals surface area contributed by atoms with Gasteiger partial charge in [-0.25, -0.2) is 0 Å². The third-order valence-electron chi connectivity index (χ3n) is 2.24. The Hall–Kier alpha value is -2.81. The van der Waals surface area contributed by atoms with E-state index in [1.54, 1.807) is 12.1 Å². The minimum Gasteiger partial charge on any atom is -0.484 e. The third-order valence-corrected chi connectivity index (χ3v) is 2.24. The van der Waals surface area contributed by atoms with Gasteiger partial charge in [0.25, 0.3) is 5.69 Å². The Morgan fingerprint density at radius 3 is 2.89 bits per heavy atom. The van der Waals surface area contributed by atoms with Crippen molar-refractivity contribution in [3.05, 3.63) is 58.0 Å². The van der Waals surface area contributed by atoms with E-state index in [0.717, 1.165) is 0 Å². The fraction of sp³-hybridized carbons (Fsp3) is 0.0833. The number of ether oxygens (including phenoxy) is 1. The predicted molar refractivity (Wildman–Crippen MR) is 60.9 cm³/mol. The van der Waals surface area contributed by atoms with Crippen molar-refractivity contribution < 1.29 is 14.1 Å². The van der Waals surface area contributed by atoms with Gasteiger partial charge >= 0.3 is 0 Å². The highest BCUT2D eigenvalue weighted by molar-refractivity contribution is 5.50. The molecule has 0 bridgehead atoms. The minimum atomic E-state index is -0.558. The average molecular weight is 244 g/mol. The summed E-state index contributed by atoms with van der Waals surface area (Å²) in [5.74, 6) is 0.900. The van der Waals surface area contributed by atoms with Gasteiger partial charge in [0.1, 0.15) is 29.7 Å². The van der Waals surface area contributed by atoms with Crippen molar-refractivity contribution in [3.63, 3.8) is 0 Å². The maximum absolute atomic E-state index is 10.6. The van der Waals surface area contributed by atoms with Gasteiger partial charge < -0.3 is 9.15 Å². The quantitative estimate of drug-likeness (QED) is 0.609. The van der Waals surface area contributed by atoms with Crippen molar-refractivity contribution in [2.75, 3.05) is 0 Å². The molecule has 0 saturated heterocycles. The fourth-order valence-electron chi connectivity index (χ4n) is 1.39. The van der Waals surface area contributed by atoms with Crippen LogP contribution in [-0.4, -0.2) is 4.92 Å². The summed E-state index contributed by atoms with van der Waals surface area (Å²) in [6, 6.07) is 9.19. The van der Waals surface area contributed by atoms with Crippen LogP contribution in [-0.2, 0) is 6.61 Å². The number of rotatable bonds is 4. The molecule has 1 aromatic carbocycles. The Balaban J connectivity index is 2.18. The summed E-state index contributed by atoms with van der Waals surface area (Å²) < 4.78 is 10.4. The highest BCUT2D eigenvalue weighted by Crippen LogP contribution is 2.24. The van der Waals surface area contributed by atoms with E-state index in [9.17, 15) is 10.1 Å². The van der Waals surface area contributed by atoms with Gasteiger partial charge in [0.15, 0.2) is 0 Å². The van der Waals surface area contributed by atoms with Crippen molar-refractivity contribution in [2.24, 2.45) is 0 Å². The molecule has 0 N–H and O–H groups in total. The molecule has 6 heteroatoms. The molecule has 0 aliphatic rings. The summed E-state index contributed by atoms with van der Waals surface area (Å²) in [4.78, 5) is 10.0. The van der Waals surface area contributed by atoms with E-state index in [-0.39, 0.29) is 17.9 Å². The summed E-state index contributed by atoms with van der Waals surface area (Å²) in [6.07, 6.45) is 1.51. The number of benzene rings is 1. The van der Waals surface area contributed by atoms with Crippen LogP contribution in [0.3, 0.4) is 0 Å². The molecule has 0 spiro atoms. The minimum absolute atomic E-state index is 0.121. The molecule has 2 aromatic rings. The third kappa shape index (κ3) is 2.47. The molecule has 0 saturated carbocycles. The van der Waals surface area contributed by atoms with Crippen molar-refractivity contribution in [1.29, 1.82) is 5.26 Å². The molecule has 1 heterocycles. The number of nitriles is 1. The molecule has 0 amide bonds. The smallest absolute Gasteiger partial charge is 0.271 e. The number of nitrogens with zero attached hydrogens (tertiary/aromatic N) is 2. The van der Waals surface area contributed by atoms with Crippen LogP contribution in [0.15, 0.2) is 41.0 Å². The number of nitro groups is 1. The molecule has 0 fully saturated rings. The molecule has 1 aromatic heterocycles. The molecule has 6 nitrogen and oxygen atoms in total. The Morgan fingerprint density at radius 1 is 1.44 bits per heavy atom. The molecule has 0 radical (unpaired) electrons. The summed E-state index contributed by atoms with van der Waals surface area (Å²) in [7, 11) is 0. The van der Waals surface area contributed by atoms with Crippen molar-refractivity contribution in [1.82, 2.24) is 0 Å². The Kier molecular flexibility index (Phi) is 3.25. The summed E-state index contributed by atoms with van der Waals surface area (Å²) in [5, 5.41) is 19.5. The van der Waals surface area contributed by atoms with E-state index in [1.165, 1.54) is 24.5 Å². The van der Waals surface area contributed by atoms with Gasteiger partial charge in [0, 0.05) is 12.1 Å². The van der Waals surface area contributed by atoms with Crippen LogP contribution in [0.1, 0.15) is 11.3 Å². The molecule has 18 heavy (non-hydrogen) atoms. The number of furan rings is 1. The maximum Gasteiger partial charge on any atom is 0.271 e. The molecule has 0 atom stereocenters. The molecule has 0 aliphatic heterocycles. The van der Waals surface area contributed by atoms with E-state index in [1.807, 2.05) is 6.07 Å². The molecule has 2 rings (SSSR count). The van der Waals surface area contributed by atoms with Crippen LogP contribution in [0.2, 0.25) is 0 Å². The molecular formula is C12H8N2O4. The van der Waals surface area contributed by atoms with Gasteiger partial charge in [0.05, 0.1) is 11.2 Å². The van der Waals surface area contributed by atoms with Crippen molar-refractivity contribution in [3.8, 4) is 11.8 Å². The topological polar surface area (TPSA) is 89.3 Å². The molecule has 0 unspecified atom stereocenters. The zero-order chi connectivity index (χ0) is 13.0. The number of nitro benzene ring substituents is 1. The first-order valence-electron chi connectivity index (χ1n) is 5.04. The lowest BCUT2D eigenvalue weighted by Crippen LogP contribution is -1.97. The molecular weight excluding hydrogens is 236 g/mol. The first-order chi connectivity index (χ1) is 8.70. The number of hydrogen-bond acceptors (Lipinski definition) is 5. The Labute approximate surface area is 102 Å². The SMILES string of the molecule is N#Cc1cc([N+](=O)[O-])ccc1OCc1ccco1. The fourth-order valence-corrected chi connectivity index (χ4v) is 1.39. The lowest BCUT2D eigenvalue weighted by atomic mass is 10.2. The largest absolute Gasteiger partial charge is 0.484 e. The van der Waals surface area contributed by atoms with Gasteiger partial charge in [-0.05, 0) is 18.2 Å². The maximum atomic E-state index is 10.6.